The van der Waals surface area contributed by atoms with Gasteiger partial charge >= 0.3 is 0 Å². The van der Waals surface area contributed by atoms with E-state index in [1.807, 2.05) is 54.0 Å². The van der Waals surface area contributed by atoms with Crippen LogP contribution in [0.15, 0.2) is 89.8 Å². The van der Waals surface area contributed by atoms with Gasteiger partial charge in [0.1, 0.15) is 0 Å². The summed E-state index contributed by atoms with van der Waals surface area (Å²) in [5.41, 5.74) is 4.14. The molecule has 182 valence electrons. The van der Waals surface area contributed by atoms with Crippen LogP contribution in [-0.4, -0.2) is 54.7 Å². The van der Waals surface area contributed by atoms with Crippen LogP contribution in [0.5, 0.6) is 0 Å². The standard InChI is InChI=1S/C31H36N2OS/c1-32(30(34)27-12-6-3-7-13-27)20-16-26(25-10-4-2-5-11-25)17-21-33-22-18-31(19-23-33)24-35-29-15-9-8-14-28(29)31/h2-15,26H,16-24H2,1H3. The molecule has 1 spiro atoms. The zero-order chi connectivity index (χ0) is 24.1. The minimum atomic E-state index is 0.105. The maximum absolute atomic E-state index is 12.8. The second kappa shape index (κ2) is 11.0. The Morgan fingerprint density at radius 2 is 1.57 bits per heavy atom. The number of carbonyl (C=O) groups excluding carboxylic acids is 1. The Kier molecular flexibility index (Phi) is 7.60. The van der Waals surface area contributed by atoms with Gasteiger partial charge in [0, 0.05) is 35.2 Å². The van der Waals surface area contributed by atoms with E-state index < -0.39 is 0 Å². The molecule has 0 saturated carbocycles. The van der Waals surface area contributed by atoms with E-state index in [1.54, 1.807) is 5.56 Å². The first-order valence-corrected chi connectivity index (χ1v) is 13.9. The van der Waals surface area contributed by atoms with E-state index in [0.717, 1.165) is 31.5 Å². The molecule has 0 aromatic heterocycles. The van der Waals surface area contributed by atoms with Crippen molar-refractivity contribution in [2.45, 2.75) is 41.9 Å². The van der Waals surface area contributed by atoms with Crippen molar-refractivity contribution in [3.8, 4) is 0 Å². The average Bonchev–Trinajstić information content (AvgIpc) is 3.28. The van der Waals surface area contributed by atoms with Crippen molar-refractivity contribution < 1.29 is 4.79 Å². The van der Waals surface area contributed by atoms with Gasteiger partial charge in [-0.15, -0.1) is 11.8 Å². The molecule has 3 nitrogen and oxygen atoms in total. The molecule has 3 aromatic carbocycles. The Hall–Kier alpha value is -2.56. The maximum Gasteiger partial charge on any atom is 0.253 e. The van der Waals surface area contributed by atoms with Crippen LogP contribution in [0, 0.1) is 0 Å². The molecule has 1 atom stereocenters. The van der Waals surface area contributed by atoms with E-state index in [-0.39, 0.29) is 5.91 Å². The lowest BCUT2D eigenvalue weighted by Crippen LogP contribution is -2.43. The lowest BCUT2D eigenvalue weighted by molar-refractivity contribution is 0.0789. The third-order valence-electron chi connectivity index (χ3n) is 8.02. The summed E-state index contributed by atoms with van der Waals surface area (Å²) in [5, 5.41) is 0. The Bertz CT molecular complexity index is 1110. The monoisotopic (exact) mass is 484 g/mol. The van der Waals surface area contributed by atoms with Crippen LogP contribution >= 0.6 is 11.8 Å². The van der Waals surface area contributed by atoms with Crippen LogP contribution in [-0.2, 0) is 5.41 Å². The van der Waals surface area contributed by atoms with Crippen molar-refractivity contribution in [3.63, 3.8) is 0 Å². The summed E-state index contributed by atoms with van der Waals surface area (Å²) in [6.45, 7) is 4.26. The Balaban J connectivity index is 1.17. The quantitative estimate of drug-likeness (QED) is 0.366. The van der Waals surface area contributed by atoms with Gasteiger partial charge in [-0.05, 0) is 80.6 Å². The van der Waals surface area contributed by atoms with Crippen LogP contribution in [0.1, 0.15) is 53.1 Å². The zero-order valence-corrected chi connectivity index (χ0v) is 21.6. The van der Waals surface area contributed by atoms with Crippen LogP contribution in [0.2, 0.25) is 0 Å². The molecule has 0 radical (unpaired) electrons. The van der Waals surface area contributed by atoms with Gasteiger partial charge in [-0.25, -0.2) is 0 Å². The molecule has 1 amide bonds. The van der Waals surface area contributed by atoms with Gasteiger partial charge in [-0.3, -0.25) is 4.79 Å². The van der Waals surface area contributed by atoms with Crippen molar-refractivity contribution in [2.24, 2.45) is 0 Å². The first kappa shape index (κ1) is 24.1. The molecule has 1 saturated heterocycles. The number of amides is 1. The largest absolute Gasteiger partial charge is 0.342 e. The average molecular weight is 485 g/mol. The molecule has 2 aliphatic rings. The van der Waals surface area contributed by atoms with Gasteiger partial charge in [0.05, 0.1) is 0 Å². The lowest BCUT2D eigenvalue weighted by atomic mass is 9.74. The minimum absolute atomic E-state index is 0.105. The highest BCUT2D eigenvalue weighted by atomic mass is 32.2. The lowest BCUT2D eigenvalue weighted by Gasteiger charge is -2.40. The number of carbonyl (C=O) groups is 1. The van der Waals surface area contributed by atoms with E-state index >= 15 is 0 Å². The van der Waals surface area contributed by atoms with Crippen LogP contribution in [0.4, 0.5) is 0 Å². The van der Waals surface area contributed by atoms with Crippen LogP contribution in [0.3, 0.4) is 0 Å². The zero-order valence-electron chi connectivity index (χ0n) is 20.7. The van der Waals surface area contributed by atoms with E-state index in [0.29, 0.717) is 11.3 Å². The molecular formula is C31H36N2OS. The van der Waals surface area contributed by atoms with Gasteiger partial charge < -0.3 is 9.80 Å². The SMILES string of the molecule is CN(CCC(CCN1CCC2(CC1)CSc1ccccc12)c1ccccc1)C(=O)c1ccccc1. The Labute approximate surface area is 214 Å². The highest BCUT2D eigenvalue weighted by Gasteiger charge is 2.41. The summed E-state index contributed by atoms with van der Waals surface area (Å²) in [6.07, 6.45) is 4.65. The third-order valence-corrected chi connectivity index (χ3v) is 9.38. The van der Waals surface area contributed by atoms with E-state index in [1.165, 1.54) is 42.1 Å². The third kappa shape index (κ3) is 5.49. The predicted octanol–water partition coefficient (Wildman–Crippen LogP) is 6.46. The number of hydrogen-bond acceptors (Lipinski definition) is 3. The number of fused-ring (bicyclic) bond motifs is 2. The predicted molar refractivity (Wildman–Crippen MR) is 146 cm³/mol. The topological polar surface area (TPSA) is 23.6 Å². The van der Waals surface area contributed by atoms with Crippen molar-refractivity contribution in [3.05, 3.63) is 102 Å². The molecule has 3 aromatic rings. The van der Waals surface area contributed by atoms with E-state index in [9.17, 15) is 4.79 Å². The van der Waals surface area contributed by atoms with Crippen molar-refractivity contribution in [2.75, 3.05) is 39.0 Å². The molecule has 0 aliphatic carbocycles. The summed E-state index contributed by atoms with van der Waals surface area (Å²) >= 11 is 2.05. The summed E-state index contributed by atoms with van der Waals surface area (Å²) < 4.78 is 0. The van der Waals surface area contributed by atoms with Gasteiger partial charge in [-0.2, -0.15) is 0 Å². The molecule has 2 aliphatic heterocycles. The number of hydrogen-bond donors (Lipinski definition) is 0. The second-order valence-corrected chi connectivity index (χ2v) is 11.2. The number of thioether (sulfide) groups is 1. The number of nitrogens with zero attached hydrogens (tertiary/aromatic N) is 2. The van der Waals surface area contributed by atoms with Crippen LogP contribution < -0.4 is 0 Å². The molecule has 0 bridgehead atoms. The number of likely N-dealkylation sites (tertiary alicyclic amines) is 1. The first-order valence-electron chi connectivity index (χ1n) is 12.9. The fourth-order valence-electron chi connectivity index (χ4n) is 5.74. The highest BCUT2D eigenvalue weighted by molar-refractivity contribution is 7.99. The van der Waals surface area contributed by atoms with E-state index in [2.05, 4.69) is 59.5 Å². The molecule has 1 fully saturated rings. The minimum Gasteiger partial charge on any atom is -0.342 e. The summed E-state index contributed by atoms with van der Waals surface area (Å²) in [7, 11) is 1.93. The number of benzene rings is 3. The number of rotatable bonds is 8. The van der Waals surface area contributed by atoms with E-state index in [4.69, 9.17) is 0 Å². The molecule has 1 unspecified atom stereocenters. The Morgan fingerprint density at radius 1 is 0.914 bits per heavy atom. The number of piperidine rings is 1. The van der Waals surface area contributed by atoms with Crippen molar-refractivity contribution in [1.82, 2.24) is 9.80 Å². The molecule has 5 rings (SSSR count). The van der Waals surface area contributed by atoms with Gasteiger partial charge in [0.15, 0.2) is 0 Å². The second-order valence-electron chi connectivity index (χ2n) is 10.2. The molecule has 2 heterocycles. The molecular weight excluding hydrogens is 448 g/mol. The smallest absolute Gasteiger partial charge is 0.253 e. The first-order chi connectivity index (χ1) is 17.1. The summed E-state index contributed by atoms with van der Waals surface area (Å²) in [5.74, 6) is 1.81. The summed E-state index contributed by atoms with van der Waals surface area (Å²) in [6, 6.07) is 29.5. The van der Waals surface area contributed by atoms with Crippen LogP contribution in [0.25, 0.3) is 0 Å². The van der Waals surface area contributed by atoms with Gasteiger partial charge in [-0.1, -0.05) is 66.7 Å². The van der Waals surface area contributed by atoms with Crippen molar-refractivity contribution >= 4 is 17.7 Å². The van der Waals surface area contributed by atoms with Crippen molar-refractivity contribution in [1.29, 1.82) is 0 Å². The normalized spacial score (nSPS) is 17.7. The highest BCUT2D eigenvalue weighted by Crippen LogP contribution is 2.49. The van der Waals surface area contributed by atoms with Gasteiger partial charge in [0.2, 0.25) is 0 Å². The Morgan fingerprint density at radius 3 is 2.31 bits per heavy atom. The van der Waals surface area contributed by atoms with Gasteiger partial charge in [0.25, 0.3) is 5.91 Å². The fourth-order valence-corrected chi connectivity index (χ4v) is 7.23. The molecule has 4 heteroatoms. The fraction of sp³-hybridized carbons (Fsp3) is 0.387. The summed E-state index contributed by atoms with van der Waals surface area (Å²) in [4.78, 5) is 18.9. The molecule has 0 N–H and O–H groups in total. The maximum atomic E-state index is 12.8. The molecule has 35 heavy (non-hydrogen) atoms.